The minimum Gasteiger partial charge on any atom is -0.504 e. The Kier molecular flexibility index (Phi) is 3.84. The molecule has 5 heteroatoms. The molecule has 0 saturated heterocycles. The second kappa shape index (κ2) is 4.94. The van der Waals surface area contributed by atoms with Crippen molar-refractivity contribution in [2.24, 2.45) is 0 Å². The first-order valence-corrected chi connectivity index (χ1v) is 5.14. The highest BCUT2D eigenvalue weighted by molar-refractivity contribution is 5.97. The number of aromatic nitrogens is 1. The highest BCUT2D eigenvalue weighted by Gasteiger charge is 2.29. The van der Waals surface area contributed by atoms with Crippen LogP contribution in [0.3, 0.4) is 0 Å². The van der Waals surface area contributed by atoms with Crippen LogP contribution >= 0.6 is 0 Å². The van der Waals surface area contributed by atoms with Crippen molar-refractivity contribution in [1.29, 1.82) is 0 Å². The lowest BCUT2D eigenvalue weighted by atomic mass is 10.00. The molecular weight excluding hydrogens is 208 g/mol. The summed E-state index contributed by atoms with van der Waals surface area (Å²) in [6, 6.07) is 1.47. The van der Waals surface area contributed by atoms with Crippen LogP contribution in [0, 0.1) is 0 Å². The van der Waals surface area contributed by atoms with Crippen LogP contribution in [0.5, 0.6) is 5.75 Å². The summed E-state index contributed by atoms with van der Waals surface area (Å²) in [7, 11) is 0. The molecule has 1 heterocycles. The smallest absolute Gasteiger partial charge is 0.256 e. The average molecular weight is 224 g/mol. The Labute approximate surface area is 94.1 Å². The Hall–Kier alpha value is -1.62. The molecule has 3 N–H and O–H groups in total. The lowest BCUT2D eigenvalue weighted by Gasteiger charge is -2.21. The van der Waals surface area contributed by atoms with Crippen LogP contribution < -0.4 is 5.32 Å². The summed E-state index contributed by atoms with van der Waals surface area (Å²) in [6.07, 6.45) is 3.74. The van der Waals surface area contributed by atoms with E-state index in [-0.39, 0.29) is 11.4 Å². The minimum absolute atomic E-state index is 0.122. The van der Waals surface area contributed by atoms with Crippen LogP contribution in [0.15, 0.2) is 18.5 Å². The number of carbonyl (C=O) groups is 1. The van der Waals surface area contributed by atoms with Crippen molar-refractivity contribution in [3.8, 4) is 5.75 Å². The maximum atomic E-state index is 11.7. The molecular formula is C11H16N2O3. The van der Waals surface area contributed by atoms with E-state index in [0.717, 1.165) is 0 Å². The van der Waals surface area contributed by atoms with Gasteiger partial charge in [0.2, 0.25) is 0 Å². The first-order valence-electron chi connectivity index (χ1n) is 5.14. The number of aliphatic hydroxyl groups is 1. The van der Waals surface area contributed by atoms with Crippen LogP contribution in [0.4, 0.5) is 5.69 Å². The summed E-state index contributed by atoms with van der Waals surface area (Å²) in [5.74, 6) is -0.654. The Morgan fingerprint density at radius 3 is 2.88 bits per heavy atom. The molecule has 1 aromatic heterocycles. The molecule has 0 aliphatic rings. The molecule has 0 aliphatic carbocycles. The third kappa shape index (κ3) is 2.93. The molecule has 0 bridgehead atoms. The number of amides is 1. The predicted molar refractivity (Wildman–Crippen MR) is 60.1 cm³/mol. The van der Waals surface area contributed by atoms with Gasteiger partial charge in [0.15, 0.2) is 5.75 Å². The molecule has 1 amide bonds. The fourth-order valence-corrected chi connectivity index (χ4v) is 1.35. The van der Waals surface area contributed by atoms with E-state index in [1.807, 2.05) is 6.92 Å². The first-order chi connectivity index (χ1) is 7.47. The molecule has 0 aliphatic heterocycles. The molecule has 88 valence electrons. The van der Waals surface area contributed by atoms with E-state index in [0.29, 0.717) is 12.8 Å². The molecule has 5 nitrogen and oxygen atoms in total. The molecule has 0 aromatic carbocycles. The van der Waals surface area contributed by atoms with Crippen LogP contribution in [-0.4, -0.2) is 26.7 Å². The fraction of sp³-hybridized carbons (Fsp3) is 0.455. The van der Waals surface area contributed by atoms with Crippen molar-refractivity contribution in [1.82, 2.24) is 4.98 Å². The van der Waals surface area contributed by atoms with E-state index in [2.05, 4.69) is 10.3 Å². The third-order valence-corrected chi connectivity index (χ3v) is 2.27. The molecule has 0 radical (unpaired) electrons. The zero-order valence-electron chi connectivity index (χ0n) is 9.40. The minimum atomic E-state index is -1.43. The summed E-state index contributed by atoms with van der Waals surface area (Å²) in [5.41, 5.74) is -1.18. The quantitative estimate of drug-likeness (QED) is 0.719. The molecule has 1 aromatic rings. The molecule has 16 heavy (non-hydrogen) atoms. The lowest BCUT2D eigenvalue weighted by Crippen LogP contribution is -2.39. The highest BCUT2D eigenvalue weighted by atomic mass is 16.3. The largest absolute Gasteiger partial charge is 0.504 e. The fourth-order valence-electron chi connectivity index (χ4n) is 1.35. The maximum Gasteiger partial charge on any atom is 0.256 e. The normalized spacial score (nSPS) is 14.2. The molecule has 1 rings (SSSR count). The predicted octanol–water partition coefficient (Wildman–Crippen LogP) is 1.28. The summed E-state index contributed by atoms with van der Waals surface area (Å²) < 4.78 is 0. The van der Waals surface area contributed by atoms with Crippen LogP contribution in [0.1, 0.15) is 26.7 Å². The van der Waals surface area contributed by atoms with E-state index in [4.69, 9.17) is 0 Å². The van der Waals surface area contributed by atoms with Gasteiger partial charge >= 0.3 is 0 Å². The number of pyridine rings is 1. The van der Waals surface area contributed by atoms with Gasteiger partial charge in [-0.1, -0.05) is 13.3 Å². The van der Waals surface area contributed by atoms with Gasteiger partial charge in [0.05, 0.1) is 11.9 Å². The number of rotatable bonds is 4. The number of nitrogens with zero attached hydrogens (tertiary/aromatic N) is 1. The first kappa shape index (κ1) is 12.4. The lowest BCUT2D eigenvalue weighted by molar-refractivity contribution is -0.133. The van der Waals surface area contributed by atoms with Crippen LogP contribution in [-0.2, 0) is 4.79 Å². The molecule has 0 saturated carbocycles. The van der Waals surface area contributed by atoms with Crippen LogP contribution in [0.25, 0.3) is 0 Å². The zero-order valence-corrected chi connectivity index (χ0v) is 9.40. The van der Waals surface area contributed by atoms with Gasteiger partial charge in [-0.25, -0.2) is 0 Å². The van der Waals surface area contributed by atoms with Gasteiger partial charge < -0.3 is 15.5 Å². The van der Waals surface area contributed by atoms with E-state index < -0.39 is 11.5 Å². The number of carbonyl (C=O) groups excluding carboxylic acids is 1. The zero-order chi connectivity index (χ0) is 12.2. The Bertz CT molecular complexity index is 377. The number of hydrogen-bond donors (Lipinski definition) is 3. The van der Waals surface area contributed by atoms with E-state index in [1.54, 1.807) is 0 Å². The van der Waals surface area contributed by atoms with Gasteiger partial charge in [0.1, 0.15) is 5.60 Å². The van der Waals surface area contributed by atoms with E-state index in [9.17, 15) is 15.0 Å². The Balaban J connectivity index is 2.75. The molecule has 0 fully saturated rings. The molecule has 0 spiro atoms. The topological polar surface area (TPSA) is 82.5 Å². The second-order valence-corrected chi connectivity index (χ2v) is 3.87. The van der Waals surface area contributed by atoms with Crippen molar-refractivity contribution in [2.45, 2.75) is 32.3 Å². The maximum absolute atomic E-state index is 11.7. The summed E-state index contributed by atoms with van der Waals surface area (Å²) in [5, 5.41) is 21.7. The average Bonchev–Trinajstić information content (AvgIpc) is 2.21. The summed E-state index contributed by atoms with van der Waals surface area (Å²) >= 11 is 0. The van der Waals surface area contributed by atoms with Crippen molar-refractivity contribution >= 4 is 11.6 Å². The third-order valence-electron chi connectivity index (χ3n) is 2.27. The van der Waals surface area contributed by atoms with E-state index >= 15 is 0 Å². The van der Waals surface area contributed by atoms with Gasteiger partial charge in [-0.2, -0.15) is 0 Å². The van der Waals surface area contributed by atoms with Crippen molar-refractivity contribution in [3.63, 3.8) is 0 Å². The molecule has 1 atom stereocenters. The highest BCUT2D eigenvalue weighted by Crippen LogP contribution is 2.22. The Morgan fingerprint density at radius 2 is 2.31 bits per heavy atom. The number of aromatic hydroxyl groups is 1. The monoisotopic (exact) mass is 224 g/mol. The Morgan fingerprint density at radius 1 is 1.62 bits per heavy atom. The van der Waals surface area contributed by atoms with Crippen molar-refractivity contribution < 1.29 is 15.0 Å². The second-order valence-electron chi connectivity index (χ2n) is 3.87. The number of anilines is 1. The van der Waals surface area contributed by atoms with Crippen molar-refractivity contribution in [2.75, 3.05) is 5.32 Å². The standard InChI is InChI=1S/C11H16N2O3/c1-3-5-11(2,16)10(15)13-8-4-6-12-7-9(8)14/h4,6-7,14,16H,3,5H2,1-2H3,(H,12,13,15). The summed E-state index contributed by atoms with van der Waals surface area (Å²) in [4.78, 5) is 15.4. The van der Waals surface area contributed by atoms with Gasteiger partial charge in [0, 0.05) is 6.20 Å². The van der Waals surface area contributed by atoms with Gasteiger partial charge in [0.25, 0.3) is 5.91 Å². The summed E-state index contributed by atoms with van der Waals surface area (Å²) in [6.45, 7) is 3.33. The van der Waals surface area contributed by atoms with Gasteiger partial charge in [-0.3, -0.25) is 9.78 Å². The number of nitrogens with one attached hydrogen (secondary N) is 1. The SMILES string of the molecule is CCCC(C)(O)C(=O)Nc1ccncc1O. The van der Waals surface area contributed by atoms with Crippen LogP contribution in [0.2, 0.25) is 0 Å². The van der Waals surface area contributed by atoms with E-state index in [1.165, 1.54) is 25.4 Å². The van der Waals surface area contributed by atoms with Crippen molar-refractivity contribution in [3.05, 3.63) is 18.5 Å². The van der Waals surface area contributed by atoms with Gasteiger partial charge in [-0.15, -0.1) is 0 Å². The number of hydrogen-bond acceptors (Lipinski definition) is 4. The molecule has 1 unspecified atom stereocenters. The van der Waals surface area contributed by atoms with Gasteiger partial charge in [-0.05, 0) is 19.4 Å².